The molecule has 2 amide bonds. The van der Waals surface area contributed by atoms with Crippen molar-refractivity contribution in [3.63, 3.8) is 0 Å². The van der Waals surface area contributed by atoms with Crippen LogP contribution >= 0.6 is 0 Å². The number of aryl methyl sites for hydroxylation is 3. The number of hydrogen-bond donors (Lipinski definition) is 2. The number of carbonyl (C=O) groups is 2. The second-order valence-electron chi connectivity index (χ2n) is 9.28. The van der Waals surface area contributed by atoms with Crippen LogP contribution in [-0.2, 0) is 16.0 Å². The molecule has 0 fully saturated rings. The number of nitrogens with one attached hydrogen (secondary N) is 2. The minimum absolute atomic E-state index is 0.114. The number of ether oxygens (including phenoxy) is 2. The Hall–Kier alpha value is -3.95. The molecule has 0 saturated carbocycles. The largest absolute Gasteiger partial charge is 0.495 e. The van der Waals surface area contributed by atoms with Crippen LogP contribution in [0.2, 0.25) is 0 Å². The van der Waals surface area contributed by atoms with Crippen LogP contribution in [0.4, 0.5) is 16.2 Å². The molecule has 0 aliphatic heterocycles. The van der Waals surface area contributed by atoms with E-state index in [1.54, 1.807) is 43.7 Å². The van der Waals surface area contributed by atoms with E-state index in [1.807, 2.05) is 33.8 Å². The van der Waals surface area contributed by atoms with E-state index in [2.05, 4.69) is 25.7 Å². The van der Waals surface area contributed by atoms with Crippen molar-refractivity contribution in [1.29, 1.82) is 0 Å². The Balaban J connectivity index is 1.77. The molecule has 0 radical (unpaired) electrons. The summed E-state index contributed by atoms with van der Waals surface area (Å²) in [5, 5.41) is 10.1. The highest BCUT2D eigenvalue weighted by Crippen LogP contribution is 2.29. The van der Waals surface area contributed by atoms with Crippen molar-refractivity contribution in [3.05, 3.63) is 52.6 Å². The first kappa shape index (κ1) is 25.7. The molecule has 0 saturated heterocycles. The third-order valence-corrected chi connectivity index (χ3v) is 5.06. The Morgan fingerprint density at radius 1 is 1.00 bits per heavy atom. The molecular weight excluding hydrogens is 448 g/mol. The van der Waals surface area contributed by atoms with Gasteiger partial charge in [0.05, 0.1) is 24.9 Å². The van der Waals surface area contributed by atoms with Crippen molar-refractivity contribution in [2.24, 2.45) is 0 Å². The predicted octanol–water partition coefficient (Wildman–Crippen LogP) is 4.43. The summed E-state index contributed by atoms with van der Waals surface area (Å²) in [6.45, 7) is 12.9. The normalized spacial score (nSPS) is 11.2. The molecule has 186 valence electrons. The summed E-state index contributed by atoms with van der Waals surface area (Å²) < 4.78 is 12.3. The van der Waals surface area contributed by atoms with Crippen molar-refractivity contribution in [2.75, 3.05) is 17.7 Å². The minimum atomic E-state index is -0.647. The van der Waals surface area contributed by atoms with Gasteiger partial charge in [-0.2, -0.15) is 5.10 Å². The quantitative estimate of drug-likeness (QED) is 0.535. The monoisotopic (exact) mass is 480 g/mol. The highest BCUT2D eigenvalue weighted by atomic mass is 16.6. The van der Waals surface area contributed by atoms with Gasteiger partial charge in [-0.1, -0.05) is 0 Å². The zero-order valence-corrected chi connectivity index (χ0v) is 21.4. The fourth-order valence-corrected chi connectivity index (χ4v) is 3.59. The number of hydrogen-bond acceptors (Lipinski definition) is 7. The lowest BCUT2D eigenvalue weighted by molar-refractivity contribution is -0.115. The average Bonchev–Trinajstić information content (AvgIpc) is 3.00. The Kier molecular flexibility index (Phi) is 7.42. The Labute approximate surface area is 205 Å². The third kappa shape index (κ3) is 6.56. The van der Waals surface area contributed by atoms with E-state index in [4.69, 9.17) is 9.47 Å². The van der Waals surface area contributed by atoms with Crippen molar-refractivity contribution in [1.82, 2.24) is 19.7 Å². The molecule has 0 unspecified atom stereocenters. The molecule has 10 nitrogen and oxygen atoms in total. The van der Waals surface area contributed by atoms with Crippen LogP contribution in [0.3, 0.4) is 0 Å². The molecule has 3 rings (SSSR count). The molecule has 0 aliphatic rings. The number of amides is 2. The summed E-state index contributed by atoms with van der Waals surface area (Å²) >= 11 is 0. The number of rotatable bonds is 6. The lowest BCUT2D eigenvalue weighted by atomic mass is 10.1. The second-order valence-corrected chi connectivity index (χ2v) is 9.28. The predicted molar refractivity (Wildman–Crippen MR) is 133 cm³/mol. The number of carbonyl (C=O) groups excluding carboxylic acids is 2. The summed E-state index contributed by atoms with van der Waals surface area (Å²) in [5.41, 5.74) is 4.24. The van der Waals surface area contributed by atoms with Gasteiger partial charge in [0.2, 0.25) is 5.91 Å². The molecule has 2 heterocycles. The van der Waals surface area contributed by atoms with Crippen LogP contribution in [0.25, 0.3) is 5.95 Å². The number of benzene rings is 1. The maximum absolute atomic E-state index is 12.9. The van der Waals surface area contributed by atoms with Crippen molar-refractivity contribution in [2.45, 2.75) is 60.5 Å². The first-order valence-corrected chi connectivity index (χ1v) is 11.2. The highest BCUT2D eigenvalue weighted by molar-refractivity contribution is 5.94. The van der Waals surface area contributed by atoms with Gasteiger partial charge >= 0.3 is 6.09 Å². The maximum atomic E-state index is 12.9. The van der Waals surface area contributed by atoms with Gasteiger partial charge in [0.15, 0.2) is 0 Å². The summed E-state index contributed by atoms with van der Waals surface area (Å²) in [6.07, 6.45) is -0.505. The van der Waals surface area contributed by atoms with Crippen LogP contribution in [0.15, 0.2) is 24.3 Å². The summed E-state index contributed by atoms with van der Waals surface area (Å²) in [4.78, 5) is 34.0. The first-order chi connectivity index (χ1) is 16.4. The van der Waals surface area contributed by atoms with Gasteiger partial charge in [0.25, 0.3) is 5.95 Å². The molecule has 2 aromatic heterocycles. The van der Waals surface area contributed by atoms with Crippen molar-refractivity contribution in [3.8, 4) is 11.7 Å². The average molecular weight is 481 g/mol. The molecule has 35 heavy (non-hydrogen) atoms. The van der Waals surface area contributed by atoms with E-state index in [-0.39, 0.29) is 12.3 Å². The molecule has 0 aliphatic carbocycles. The topological polar surface area (TPSA) is 120 Å². The second kappa shape index (κ2) is 10.1. The zero-order valence-electron chi connectivity index (χ0n) is 21.4. The van der Waals surface area contributed by atoms with Crippen molar-refractivity contribution >= 4 is 23.4 Å². The smallest absolute Gasteiger partial charge is 0.412 e. The van der Waals surface area contributed by atoms with E-state index in [9.17, 15) is 9.59 Å². The molecule has 0 bridgehead atoms. The fraction of sp³-hybridized carbons (Fsp3) is 0.400. The number of aromatic nitrogens is 4. The molecule has 2 N–H and O–H groups in total. The Morgan fingerprint density at radius 3 is 2.26 bits per heavy atom. The van der Waals surface area contributed by atoms with Crippen LogP contribution < -0.4 is 15.4 Å². The van der Waals surface area contributed by atoms with Gasteiger partial charge in [0, 0.05) is 28.3 Å². The fourth-order valence-electron chi connectivity index (χ4n) is 3.59. The van der Waals surface area contributed by atoms with Crippen LogP contribution in [-0.4, -0.2) is 44.5 Å². The summed E-state index contributed by atoms with van der Waals surface area (Å²) in [7, 11) is 1.50. The SMILES string of the molecule is COc1ccc(NC(=O)Cc2c(C)nn(-c3nc(C)cc(C)n3)c2C)cc1NC(=O)OC(C)(C)C. The molecule has 0 atom stereocenters. The van der Waals surface area contributed by atoms with Gasteiger partial charge in [-0.3, -0.25) is 10.1 Å². The van der Waals surface area contributed by atoms with Gasteiger partial charge in [-0.15, -0.1) is 0 Å². The van der Waals surface area contributed by atoms with E-state index < -0.39 is 11.7 Å². The zero-order chi connectivity index (χ0) is 25.9. The maximum Gasteiger partial charge on any atom is 0.412 e. The lowest BCUT2D eigenvalue weighted by Gasteiger charge is -2.20. The number of anilines is 2. The number of methoxy groups -OCH3 is 1. The molecule has 1 aromatic carbocycles. The lowest BCUT2D eigenvalue weighted by Crippen LogP contribution is -2.27. The third-order valence-electron chi connectivity index (χ3n) is 5.06. The Bertz CT molecular complexity index is 1240. The molecule has 0 spiro atoms. The standard InChI is InChI=1S/C25H32N6O4/c1-14-11-15(2)27-23(26-14)31-17(4)19(16(3)30-31)13-22(32)28-18-9-10-21(34-8)20(12-18)29-24(33)35-25(5,6)7/h9-12H,13H2,1-8H3,(H,28,32)(H,29,33). The van der Waals surface area contributed by atoms with E-state index >= 15 is 0 Å². The summed E-state index contributed by atoms with van der Waals surface area (Å²) in [5.74, 6) is 0.684. The Morgan fingerprint density at radius 2 is 1.66 bits per heavy atom. The minimum Gasteiger partial charge on any atom is -0.495 e. The molecule has 3 aromatic rings. The van der Waals surface area contributed by atoms with Crippen LogP contribution in [0.1, 0.15) is 49.1 Å². The summed E-state index contributed by atoms with van der Waals surface area (Å²) in [6, 6.07) is 6.87. The van der Waals surface area contributed by atoms with Crippen molar-refractivity contribution < 1.29 is 19.1 Å². The van der Waals surface area contributed by atoms with Gasteiger partial charge < -0.3 is 14.8 Å². The molecule has 10 heteroatoms. The van der Waals surface area contributed by atoms with Gasteiger partial charge in [0.1, 0.15) is 11.4 Å². The first-order valence-electron chi connectivity index (χ1n) is 11.2. The highest BCUT2D eigenvalue weighted by Gasteiger charge is 2.20. The van der Waals surface area contributed by atoms with E-state index in [0.29, 0.717) is 23.1 Å². The molecular formula is C25H32N6O4. The van der Waals surface area contributed by atoms with Crippen LogP contribution in [0, 0.1) is 27.7 Å². The van der Waals surface area contributed by atoms with Crippen LogP contribution in [0.5, 0.6) is 5.75 Å². The number of nitrogens with zero attached hydrogens (tertiary/aromatic N) is 4. The van der Waals surface area contributed by atoms with E-state index in [0.717, 1.165) is 28.3 Å². The van der Waals surface area contributed by atoms with Gasteiger partial charge in [-0.25, -0.2) is 19.4 Å². The van der Waals surface area contributed by atoms with E-state index in [1.165, 1.54) is 7.11 Å². The van der Waals surface area contributed by atoms with Gasteiger partial charge in [-0.05, 0) is 72.7 Å².